The smallest absolute Gasteiger partial charge is 0.329 e. The number of imidazole rings is 1. The number of carbonyl (C=O) groups is 1. The van der Waals surface area contributed by atoms with E-state index in [0.717, 1.165) is 29.8 Å². The van der Waals surface area contributed by atoms with Gasteiger partial charge in [-0.3, -0.25) is 4.57 Å². The fourth-order valence-corrected chi connectivity index (χ4v) is 3.14. The van der Waals surface area contributed by atoms with Crippen molar-refractivity contribution in [3.05, 3.63) is 36.8 Å². The van der Waals surface area contributed by atoms with E-state index < -0.39 is 0 Å². The highest BCUT2D eigenvalue weighted by Crippen LogP contribution is 2.23. The van der Waals surface area contributed by atoms with E-state index in [1.54, 1.807) is 24.2 Å². The summed E-state index contributed by atoms with van der Waals surface area (Å²) in [6.45, 7) is 0. The van der Waals surface area contributed by atoms with E-state index >= 15 is 0 Å². The Morgan fingerprint density at radius 3 is 2.57 bits per heavy atom. The SMILES string of the molecule is COc1ccc(-c2cn(C(=O)N(C)C3CCCCC3)cn2)cc1. The third kappa shape index (κ3) is 3.38. The van der Waals surface area contributed by atoms with Crippen LogP contribution in [0.1, 0.15) is 32.1 Å². The van der Waals surface area contributed by atoms with Gasteiger partial charge in [-0.05, 0) is 37.1 Å². The average molecular weight is 313 g/mol. The molecule has 3 rings (SSSR count). The summed E-state index contributed by atoms with van der Waals surface area (Å²) < 4.78 is 6.74. The van der Waals surface area contributed by atoms with E-state index in [-0.39, 0.29) is 6.03 Å². The summed E-state index contributed by atoms with van der Waals surface area (Å²) in [6.07, 6.45) is 9.30. The Morgan fingerprint density at radius 2 is 1.91 bits per heavy atom. The van der Waals surface area contributed by atoms with E-state index in [0.29, 0.717) is 6.04 Å². The minimum absolute atomic E-state index is 0.0100. The van der Waals surface area contributed by atoms with Crippen LogP contribution in [0.3, 0.4) is 0 Å². The fourth-order valence-electron chi connectivity index (χ4n) is 3.14. The zero-order chi connectivity index (χ0) is 16.2. The fraction of sp³-hybridized carbons (Fsp3) is 0.444. The topological polar surface area (TPSA) is 47.4 Å². The minimum Gasteiger partial charge on any atom is -0.497 e. The normalized spacial score (nSPS) is 15.4. The molecule has 23 heavy (non-hydrogen) atoms. The first-order valence-electron chi connectivity index (χ1n) is 8.14. The Kier molecular flexibility index (Phi) is 4.65. The standard InChI is InChI=1S/C18H23N3O2/c1-20(15-6-4-3-5-7-15)18(22)21-12-17(19-13-21)14-8-10-16(23-2)11-9-14/h8-13,15H,3-7H2,1-2H3. The number of nitrogens with zero attached hydrogens (tertiary/aromatic N) is 3. The van der Waals surface area contributed by atoms with E-state index in [4.69, 9.17) is 4.74 Å². The first-order chi connectivity index (χ1) is 11.2. The number of rotatable bonds is 3. The molecule has 0 saturated heterocycles. The lowest BCUT2D eigenvalue weighted by atomic mass is 9.95. The summed E-state index contributed by atoms with van der Waals surface area (Å²) in [4.78, 5) is 18.8. The molecule has 0 radical (unpaired) electrons. The highest BCUT2D eigenvalue weighted by atomic mass is 16.5. The Morgan fingerprint density at radius 1 is 1.22 bits per heavy atom. The van der Waals surface area contributed by atoms with Crippen molar-refractivity contribution in [3.8, 4) is 17.0 Å². The lowest BCUT2D eigenvalue weighted by Crippen LogP contribution is -2.40. The van der Waals surface area contributed by atoms with Crippen molar-refractivity contribution < 1.29 is 9.53 Å². The van der Waals surface area contributed by atoms with E-state index in [9.17, 15) is 4.79 Å². The van der Waals surface area contributed by atoms with Gasteiger partial charge in [0.15, 0.2) is 0 Å². The maximum absolute atomic E-state index is 12.6. The molecule has 1 amide bonds. The number of hydrogen-bond donors (Lipinski definition) is 0. The van der Waals surface area contributed by atoms with Gasteiger partial charge in [0.1, 0.15) is 12.1 Å². The van der Waals surface area contributed by atoms with Crippen molar-refractivity contribution in [3.63, 3.8) is 0 Å². The molecular weight excluding hydrogens is 290 g/mol. The van der Waals surface area contributed by atoms with Crippen LogP contribution in [0.5, 0.6) is 5.75 Å². The van der Waals surface area contributed by atoms with E-state index in [2.05, 4.69) is 4.98 Å². The number of amides is 1. The number of benzene rings is 1. The maximum Gasteiger partial charge on any atom is 0.329 e. The highest BCUT2D eigenvalue weighted by molar-refractivity contribution is 5.78. The molecule has 5 nitrogen and oxygen atoms in total. The molecule has 1 heterocycles. The molecule has 122 valence electrons. The summed E-state index contributed by atoms with van der Waals surface area (Å²) in [5, 5.41) is 0. The van der Waals surface area contributed by atoms with Gasteiger partial charge in [0.05, 0.1) is 12.8 Å². The van der Waals surface area contributed by atoms with E-state index in [1.165, 1.54) is 19.3 Å². The van der Waals surface area contributed by atoms with Crippen molar-refractivity contribution >= 4 is 6.03 Å². The van der Waals surface area contributed by atoms with Gasteiger partial charge in [-0.1, -0.05) is 19.3 Å². The predicted octanol–water partition coefficient (Wildman–Crippen LogP) is 3.79. The van der Waals surface area contributed by atoms with Gasteiger partial charge in [0, 0.05) is 24.8 Å². The van der Waals surface area contributed by atoms with Gasteiger partial charge in [0.25, 0.3) is 0 Å². The largest absolute Gasteiger partial charge is 0.497 e. The quantitative estimate of drug-likeness (QED) is 0.866. The third-order valence-corrected chi connectivity index (χ3v) is 4.61. The first kappa shape index (κ1) is 15.6. The predicted molar refractivity (Wildman–Crippen MR) is 89.6 cm³/mol. The maximum atomic E-state index is 12.6. The molecule has 1 saturated carbocycles. The molecule has 0 bridgehead atoms. The Balaban J connectivity index is 1.73. The van der Waals surface area contributed by atoms with Gasteiger partial charge in [0.2, 0.25) is 0 Å². The molecule has 0 unspecified atom stereocenters. The summed E-state index contributed by atoms with van der Waals surface area (Å²) >= 11 is 0. The Labute approximate surface area is 136 Å². The van der Waals surface area contributed by atoms with Gasteiger partial charge in [-0.25, -0.2) is 9.78 Å². The van der Waals surface area contributed by atoms with Crippen molar-refractivity contribution in [2.45, 2.75) is 38.1 Å². The van der Waals surface area contributed by atoms with Gasteiger partial charge < -0.3 is 9.64 Å². The monoisotopic (exact) mass is 313 g/mol. The summed E-state index contributed by atoms with van der Waals surface area (Å²) in [5.41, 5.74) is 1.76. The molecule has 0 N–H and O–H groups in total. The van der Waals surface area contributed by atoms with Crippen LogP contribution >= 0.6 is 0 Å². The zero-order valence-corrected chi connectivity index (χ0v) is 13.7. The van der Waals surface area contributed by atoms with Crippen LogP contribution in [0.15, 0.2) is 36.8 Å². The van der Waals surface area contributed by atoms with Crippen molar-refractivity contribution in [2.24, 2.45) is 0 Å². The van der Waals surface area contributed by atoms with Gasteiger partial charge in [-0.15, -0.1) is 0 Å². The Bertz CT molecular complexity index is 657. The highest BCUT2D eigenvalue weighted by Gasteiger charge is 2.23. The molecular formula is C18H23N3O2. The van der Waals surface area contributed by atoms with Gasteiger partial charge >= 0.3 is 6.03 Å². The number of hydrogen-bond acceptors (Lipinski definition) is 3. The van der Waals surface area contributed by atoms with Crippen molar-refractivity contribution in [1.29, 1.82) is 0 Å². The lowest BCUT2D eigenvalue weighted by Gasteiger charge is -2.31. The molecule has 1 aliphatic carbocycles. The van der Waals surface area contributed by atoms with Crippen LogP contribution in [0.25, 0.3) is 11.3 Å². The average Bonchev–Trinajstić information content (AvgIpc) is 3.11. The molecule has 0 spiro atoms. The summed E-state index contributed by atoms with van der Waals surface area (Å²) in [6, 6.07) is 8.02. The second-order valence-corrected chi connectivity index (χ2v) is 6.08. The van der Waals surface area contributed by atoms with E-state index in [1.807, 2.05) is 36.2 Å². The minimum atomic E-state index is -0.0100. The summed E-state index contributed by atoms with van der Waals surface area (Å²) in [7, 11) is 3.54. The molecule has 2 aromatic rings. The van der Waals surface area contributed by atoms with Crippen molar-refractivity contribution in [2.75, 3.05) is 14.2 Å². The summed E-state index contributed by atoms with van der Waals surface area (Å²) in [5.74, 6) is 0.807. The first-order valence-corrected chi connectivity index (χ1v) is 8.14. The number of carbonyl (C=O) groups excluding carboxylic acids is 1. The third-order valence-electron chi connectivity index (χ3n) is 4.61. The Hall–Kier alpha value is -2.30. The molecule has 0 atom stereocenters. The molecule has 1 aliphatic rings. The number of methoxy groups -OCH3 is 1. The van der Waals surface area contributed by atoms with Crippen LogP contribution in [-0.2, 0) is 0 Å². The van der Waals surface area contributed by atoms with Crippen LogP contribution in [-0.4, -0.2) is 40.7 Å². The van der Waals surface area contributed by atoms with Crippen LogP contribution < -0.4 is 4.74 Å². The lowest BCUT2D eigenvalue weighted by molar-refractivity contribution is 0.175. The van der Waals surface area contributed by atoms with Crippen LogP contribution in [0.2, 0.25) is 0 Å². The number of aromatic nitrogens is 2. The number of ether oxygens (including phenoxy) is 1. The second kappa shape index (κ2) is 6.86. The molecule has 5 heteroatoms. The van der Waals surface area contributed by atoms with Crippen molar-refractivity contribution in [1.82, 2.24) is 14.5 Å². The van der Waals surface area contributed by atoms with Gasteiger partial charge in [-0.2, -0.15) is 0 Å². The van der Waals surface area contributed by atoms with Crippen LogP contribution in [0.4, 0.5) is 4.79 Å². The molecule has 1 fully saturated rings. The molecule has 1 aromatic heterocycles. The molecule has 0 aliphatic heterocycles. The molecule has 1 aromatic carbocycles. The van der Waals surface area contributed by atoms with Crippen LogP contribution in [0, 0.1) is 0 Å². The zero-order valence-electron chi connectivity index (χ0n) is 13.7. The second-order valence-electron chi connectivity index (χ2n) is 6.08.